The average Bonchev–Trinajstić information content (AvgIpc) is 2.43. The minimum atomic E-state index is -0.465. The fourth-order valence-corrected chi connectivity index (χ4v) is 1.81. The van der Waals surface area contributed by atoms with E-state index in [0.29, 0.717) is 10.6 Å². The van der Waals surface area contributed by atoms with Crippen molar-refractivity contribution in [2.24, 2.45) is 0 Å². The fourth-order valence-electron chi connectivity index (χ4n) is 1.02. The molecule has 0 aliphatic carbocycles. The van der Waals surface area contributed by atoms with E-state index in [1.165, 1.54) is 11.3 Å². The topological polar surface area (TPSA) is 51.2 Å². The first-order valence-corrected chi connectivity index (χ1v) is 5.53. The third kappa shape index (κ3) is 3.20. The number of ether oxygens (including phenoxy) is 1. The van der Waals surface area contributed by atoms with Crippen LogP contribution in [0.2, 0.25) is 0 Å². The maximum atomic E-state index is 11.7. The van der Waals surface area contributed by atoms with Gasteiger partial charge >= 0.3 is 5.97 Å². The van der Waals surface area contributed by atoms with Gasteiger partial charge in [0.2, 0.25) is 0 Å². The summed E-state index contributed by atoms with van der Waals surface area (Å²) in [5.41, 5.74) is 0.242. The Morgan fingerprint density at radius 2 is 2.07 bits per heavy atom. The Morgan fingerprint density at radius 3 is 2.47 bits per heavy atom. The van der Waals surface area contributed by atoms with Crippen molar-refractivity contribution < 1.29 is 9.53 Å². The number of aryl methyl sites for hydroxylation is 1. The zero-order valence-corrected chi connectivity index (χ0v) is 10.5. The molecular weight excluding hydrogens is 212 g/mol. The molecule has 0 saturated carbocycles. The van der Waals surface area contributed by atoms with Crippen molar-refractivity contribution in [3.05, 3.63) is 10.6 Å². The number of nitrogens with zero attached hydrogens (tertiary/aromatic N) is 1. The minimum absolute atomic E-state index is 0.306. The Bertz CT molecular complexity index is 366. The van der Waals surface area contributed by atoms with Crippen molar-refractivity contribution in [1.29, 1.82) is 0 Å². The third-order valence-electron chi connectivity index (χ3n) is 1.59. The van der Waals surface area contributed by atoms with Crippen molar-refractivity contribution in [2.75, 3.05) is 12.4 Å². The second-order valence-electron chi connectivity index (χ2n) is 4.19. The Kier molecular flexibility index (Phi) is 3.34. The molecule has 1 rings (SSSR count). The van der Waals surface area contributed by atoms with Gasteiger partial charge in [-0.25, -0.2) is 9.78 Å². The summed E-state index contributed by atoms with van der Waals surface area (Å²) >= 11 is 1.31. The summed E-state index contributed by atoms with van der Waals surface area (Å²) in [5.74, 6) is -0.306. The molecule has 1 N–H and O–H groups in total. The lowest BCUT2D eigenvalue weighted by atomic mass is 10.2. The second kappa shape index (κ2) is 4.18. The van der Waals surface area contributed by atoms with Crippen LogP contribution in [0.3, 0.4) is 0 Å². The Labute approximate surface area is 93.7 Å². The van der Waals surface area contributed by atoms with Crippen molar-refractivity contribution in [1.82, 2.24) is 4.98 Å². The summed E-state index contributed by atoms with van der Waals surface area (Å²) in [6, 6.07) is 0. The molecule has 0 saturated heterocycles. The quantitative estimate of drug-likeness (QED) is 0.790. The highest BCUT2D eigenvalue weighted by Crippen LogP contribution is 2.24. The van der Waals surface area contributed by atoms with Crippen molar-refractivity contribution in [2.45, 2.75) is 33.3 Å². The molecule has 84 valence electrons. The highest BCUT2D eigenvalue weighted by molar-refractivity contribution is 7.17. The van der Waals surface area contributed by atoms with E-state index in [1.807, 2.05) is 20.8 Å². The normalized spacial score (nSPS) is 11.3. The lowest BCUT2D eigenvalue weighted by Crippen LogP contribution is -2.23. The minimum Gasteiger partial charge on any atom is -0.456 e. The lowest BCUT2D eigenvalue weighted by molar-refractivity contribution is 0.00742. The summed E-state index contributed by atoms with van der Waals surface area (Å²) in [6.07, 6.45) is 0. The van der Waals surface area contributed by atoms with Gasteiger partial charge in [0, 0.05) is 7.05 Å². The number of nitrogens with one attached hydrogen (secondary N) is 1. The Morgan fingerprint density at radius 1 is 1.47 bits per heavy atom. The summed E-state index contributed by atoms with van der Waals surface area (Å²) in [5, 5.41) is 3.64. The van der Waals surface area contributed by atoms with Gasteiger partial charge in [0.05, 0.1) is 5.69 Å². The number of hydrogen-bond donors (Lipinski definition) is 1. The molecule has 0 aliphatic heterocycles. The van der Waals surface area contributed by atoms with Crippen LogP contribution in [0.15, 0.2) is 0 Å². The van der Waals surface area contributed by atoms with Crippen LogP contribution in [0.4, 0.5) is 5.13 Å². The van der Waals surface area contributed by atoms with E-state index in [-0.39, 0.29) is 5.97 Å². The molecule has 5 heteroatoms. The van der Waals surface area contributed by atoms with Gasteiger partial charge < -0.3 is 10.1 Å². The molecule has 0 aromatic carbocycles. The molecule has 0 radical (unpaired) electrons. The molecule has 0 amide bonds. The molecule has 0 fully saturated rings. The molecular formula is C10H16N2O2S. The number of aromatic nitrogens is 1. The summed E-state index contributed by atoms with van der Waals surface area (Å²) in [4.78, 5) is 16.5. The highest BCUT2D eigenvalue weighted by atomic mass is 32.1. The van der Waals surface area contributed by atoms with E-state index < -0.39 is 5.60 Å². The van der Waals surface area contributed by atoms with Crippen LogP contribution in [0.25, 0.3) is 0 Å². The van der Waals surface area contributed by atoms with Gasteiger partial charge in [-0.1, -0.05) is 11.3 Å². The summed E-state index contributed by atoms with van der Waals surface area (Å²) < 4.78 is 5.27. The van der Waals surface area contributed by atoms with Gasteiger partial charge in [0.25, 0.3) is 0 Å². The monoisotopic (exact) mass is 228 g/mol. The fraction of sp³-hybridized carbons (Fsp3) is 0.600. The first-order valence-electron chi connectivity index (χ1n) is 4.72. The second-order valence-corrected chi connectivity index (χ2v) is 5.18. The molecule has 0 bridgehead atoms. The first kappa shape index (κ1) is 12.0. The molecule has 15 heavy (non-hydrogen) atoms. The molecule has 0 aliphatic rings. The molecule has 0 spiro atoms. The van der Waals surface area contributed by atoms with Crippen LogP contribution < -0.4 is 5.32 Å². The van der Waals surface area contributed by atoms with Crippen LogP contribution >= 0.6 is 11.3 Å². The van der Waals surface area contributed by atoms with Gasteiger partial charge in [-0.3, -0.25) is 0 Å². The standard InChI is InChI=1S/C10H16N2O2S/c1-6-7(15-9(11-5)12-6)8(13)14-10(2,3)4/h1-5H3,(H,11,12). The maximum Gasteiger partial charge on any atom is 0.350 e. The van der Waals surface area contributed by atoms with E-state index in [0.717, 1.165) is 5.13 Å². The van der Waals surface area contributed by atoms with Gasteiger partial charge in [-0.15, -0.1) is 0 Å². The smallest absolute Gasteiger partial charge is 0.350 e. The lowest BCUT2D eigenvalue weighted by Gasteiger charge is -2.18. The van der Waals surface area contributed by atoms with E-state index in [9.17, 15) is 4.79 Å². The number of thiazole rings is 1. The molecule has 1 aromatic rings. The number of carbonyl (C=O) groups is 1. The molecule has 4 nitrogen and oxygen atoms in total. The predicted molar refractivity (Wildman–Crippen MR) is 61.6 cm³/mol. The maximum absolute atomic E-state index is 11.7. The van der Waals surface area contributed by atoms with Gasteiger partial charge in [-0.05, 0) is 27.7 Å². The van der Waals surface area contributed by atoms with Crippen LogP contribution in [0, 0.1) is 6.92 Å². The number of anilines is 1. The number of rotatable bonds is 2. The van der Waals surface area contributed by atoms with Crippen molar-refractivity contribution in [3.63, 3.8) is 0 Å². The van der Waals surface area contributed by atoms with Crippen molar-refractivity contribution >= 4 is 22.4 Å². The molecule has 1 heterocycles. The van der Waals surface area contributed by atoms with E-state index in [1.54, 1.807) is 14.0 Å². The van der Waals surface area contributed by atoms with Gasteiger partial charge in [0.15, 0.2) is 5.13 Å². The largest absolute Gasteiger partial charge is 0.456 e. The highest BCUT2D eigenvalue weighted by Gasteiger charge is 2.22. The number of esters is 1. The molecule has 0 unspecified atom stereocenters. The first-order chi connectivity index (χ1) is 6.83. The van der Waals surface area contributed by atoms with Crippen LogP contribution in [-0.4, -0.2) is 23.6 Å². The summed E-state index contributed by atoms with van der Waals surface area (Å²) in [6.45, 7) is 7.34. The number of carbonyl (C=O) groups excluding carboxylic acids is 1. The third-order valence-corrected chi connectivity index (χ3v) is 2.75. The predicted octanol–water partition coefficient (Wildman–Crippen LogP) is 2.45. The van der Waals surface area contributed by atoms with E-state index in [2.05, 4.69) is 10.3 Å². The van der Waals surface area contributed by atoms with E-state index in [4.69, 9.17) is 4.74 Å². The van der Waals surface area contributed by atoms with E-state index >= 15 is 0 Å². The van der Waals surface area contributed by atoms with Crippen LogP contribution in [0.1, 0.15) is 36.1 Å². The zero-order chi connectivity index (χ0) is 11.6. The van der Waals surface area contributed by atoms with Crippen LogP contribution in [0.5, 0.6) is 0 Å². The van der Waals surface area contributed by atoms with Gasteiger partial charge in [-0.2, -0.15) is 0 Å². The number of hydrogen-bond acceptors (Lipinski definition) is 5. The average molecular weight is 228 g/mol. The summed E-state index contributed by atoms with van der Waals surface area (Å²) in [7, 11) is 1.77. The van der Waals surface area contributed by atoms with Crippen LogP contribution in [-0.2, 0) is 4.74 Å². The Hall–Kier alpha value is -1.10. The molecule has 0 atom stereocenters. The molecule has 1 aromatic heterocycles. The van der Waals surface area contributed by atoms with Gasteiger partial charge in [0.1, 0.15) is 10.5 Å². The van der Waals surface area contributed by atoms with Crippen molar-refractivity contribution in [3.8, 4) is 0 Å². The SMILES string of the molecule is CNc1nc(C)c(C(=O)OC(C)(C)C)s1. The Balaban J connectivity index is 2.87. The zero-order valence-electron chi connectivity index (χ0n) is 9.67.